The second-order valence-electron chi connectivity index (χ2n) is 8.75. The average molecular weight is 517 g/mol. The zero-order valence-electron chi connectivity index (χ0n) is 20.5. The number of H-pyrrole nitrogens is 1. The molecule has 3 heterocycles. The van der Waals surface area contributed by atoms with E-state index < -0.39 is 0 Å². The molecule has 0 unspecified atom stereocenters. The van der Waals surface area contributed by atoms with E-state index in [0.29, 0.717) is 30.5 Å². The van der Waals surface area contributed by atoms with E-state index in [1.165, 1.54) is 0 Å². The predicted molar refractivity (Wildman–Crippen MR) is 141 cm³/mol. The molecule has 1 fully saturated rings. The number of nitrogens with one attached hydrogen (secondary N) is 1. The molecule has 2 aromatic heterocycles. The maximum atomic E-state index is 12.6. The lowest BCUT2D eigenvalue weighted by atomic mass is 10.1. The number of ether oxygens (including phenoxy) is 3. The highest BCUT2D eigenvalue weighted by molar-refractivity contribution is 7.98. The third-order valence-electron chi connectivity index (χ3n) is 5.91. The fourth-order valence-electron chi connectivity index (χ4n) is 3.87. The number of piperidine rings is 1. The molecule has 0 saturated carbocycles. The number of aromatic amines is 1. The Labute approximate surface area is 220 Å². The van der Waals surface area contributed by atoms with E-state index in [2.05, 4.69) is 15.0 Å². The number of thioether (sulfide) groups is 1. The van der Waals surface area contributed by atoms with Crippen molar-refractivity contribution in [2.45, 2.75) is 36.8 Å². The highest BCUT2D eigenvalue weighted by atomic mass is 32.2. The van der Waals surface area contributed by atoms with E-state index in [9.17, 15) is 4.79 Å². The Hall–Kier alpha value is -3.98. The largest absolute Gasteiger partial charge is 0.490 e. The molecule has 0 radical (unpaired) electrons. The highest BCUT2D eigenvalue weighted by Crippen LogP contribution is 2.26. The van der Waals surface area contributed by atoms with Gasteiger partial charge in [-0.2, -0.15) is 0 Å². The molecule has 1 N–H and O–H groups in total. The molecule has 9 heteroatoms. The maximum absolute atomic E-state index is 12.6. The molecule has 0 aliphatic carbocycles. The van der Waals surface area contributed by atoms with Gasteiger partial charge in [-0.1, -0.05) is 30.0 Å². The molecule has 5 rings (SSSR count). The number of hydrogen-bond donors (Lipinski definition) is 1. The van der Waals surface area contributed by atoms with Crippen molar-refractivity contribution in [3.8, 4) is 23.1 Å². The van der Waals surface area contributed by atoms with E-state index >= 15 is 0 Å². The SMILES string of the molecule is Cc1ccc(Oc2ccc(OC3CCN(C(=O)Oc4ccc(CSc5ncc[nH]5)cc4)CC3)cc2)nc1. The Morgan fingerprint density at radius 3 is 2.38 bits per heavy atom. The third kappa shape index (κ3) is 7.04. The lowest BCUT2D eigenvalue weighted by molar-refractivity contribution is 0.0930. The summed E-state index contributed by atoms with van der Waals surface area (Å²) in [5.41, 5.74) is 2.21. The minimum atomic E-state index is -0.331. The fraction of sp³-hybridized carbons (Fsp3) is 0.250. The second-order valence-corrected chi connectivity index (χ2v) is 9.71. The molecule has 0 atom stereocenters. The lowest BCUT2D eigenvalue weighted by Crippen LogP contribution is -2.43. The van der Waals surface area contributed by atoms with Gasteiger partial charge in [0.15, 0.2) is 5.16 Å². The number of likely N-dealkylation sites (tertiary alicyclic amines) is 1. The van der Waals surface area contributed by atoms with Crippen molar-refractivity contribution in [3.63, 3.8) is 0 Å². The number of rotatable bonds is 8. The zero-order chi connectivity index (χ0) is 25.5. The van der Waals surface area contributed by atoms with Gasteiger partial charge in [0.2, 0.25) is 5.88 Å². The summed E-state index contributed by atoms with van der Waals surface area (Å²) >= 11 is 1.62. The van der Waals surface area contributed by atoms with E-state index in [1.54, 1.807) is 35.3 Å². The summed E-state index contributed by atoms with van der Waals surface area (Å²) in [5.74, 6) is 3.35. The summed E-state index contributed by atoms with van der Waals surface area (Å²) in [6.45, 7) is 3.16. The lowest BCUT2D eigenvalue weighted by Gasteiger charge is -2.31. The van der Waals surface area contributed by atoms with Gasteiger partial charge in [0.1, 0.15) is 23.4 Å². The predicted octanol–water partition coefficient (Wildman–Crippen LogP) is 6.24. The molecule has 1 amide bonds. The van der Waals surface area contributed by atoms with Crippen molar-refractivity contribution in [1.29, 1.82) is 0 Å². The van der Waals surface area contributed by atoms with Crippen LogP contribution in [0.2, 0.25) is 0 Å². The number of aryl methyl sites for hydroxylation is 1. The number of imidazole rings is 1. The molecule has 0 bridgehead atoms. The summed E-state index contributed by atoms with van der Waals surface area (Å²) < 4.78 is 17.5. The number of amides is 1. The third-order valence-corrected chi connectivity index (χ3v) is 6.88. The minimum absolute atomic E-state index is 0.0422. The summed E-state index contributed by atoms with van der Waals surface area (Å²) in [5, 5.41) is 0.879. The van der Waals surface area contributed by atoms with Gasteiger partial charge in [0.25, 0.3) is 0 Å². The van der Waals surface area contributed by atoms with Crippen molar-refractivity contribution in [2.75, 3.05) is 13.1 Å². The molecule has 0 spiro atoms. The van der Waals surface area contributed by atoms with Gasteiger partial charge < -0.3 is 24.1 Å². The number of hydrogen-bond acceptors (Lipinski definition) is 7. The Balaban J connectivity index is 1.04. The van der Waals surface area contributed by atoms with Crippen molar-refractivity contribution < 1.29 is 19.0 Å². The topological polar surface area (TPSA) is 89.6 Å². The molecule has 1 aliphatic rings. The standard InChI is InChI=1S/C28H28N4O4S/c1-20-2-11-26(31-18-20)35-23-9-7-22(8-10-23)34-25-12-16-32(17-13-25)28(33)36-24-5-3-21(4-6-24)19-37-27-29-14-15-30-27/h2-11,14-15,18,25H,12-13,16-17,19H2,1H3,(H,29,30). The van der Waals surface area contributed by atoms with Crippen molar-refractivity contribution in [1.82, 2.24) is 19.9 Å². The molecule has 4 aromatic rings. The van der Waals surface area contributed by atoms with Gasteiger partial charge in [0.05, 0.1) is 0 Å². The Kier molecular flexibility index (Phi) is 7.90. The van der Waals surface area contributed by atoms with Crippen LogP contribution in [0.4, 0.5) is 4.79 Å². The quantitative estimate of drug-likeness (QED) is 0.277. The number of carbonyl (C=O) groups excluding carboxylic acids is 1. The summed E-state index contributed by atoms with van der Waals surface area (Å²) in [4.78, 5) is 25.9. The van der Waals surface area contributed by atoms with Crippen LogP contribution >= 0.6 is 11.8 Å². The van der Waals surface area contributed by atoms with Gasteiger partial charge in [0, 0.05) is 56.3 Å². The fourth-order valence-corrected chi connectivity index (χ4v) is 4.65. The molecule has 1 aliphatic heterocycles. The summed E-state index contributed by atoms with van der Waals surface area (Å²) in [6.07, 6.45) is 6.50. The van der Waals surface area contributed by atoms with Crippen LogP contribution in [-0.2, 0) is 5.75 Å². The van der Waals surface area contributed by atoms with Crippen LogP contribution in [0.15, 0.2) is 84.4 Å². The van der Waals surface area contributed by atoms with E-state index in [0.717, 1.165) is 40.6 Å². The molecule has 2 aromatic carbocycles. The molecular formula is C28H28N4O4S. The van der Waals surface area contributed by atoms with Gasteiger partial charge in [-0.25, -0.2) is 14.8 Å². The summed E-state index contributed by atoms with van der Waals surface area (Å²) in [7, 11) is 0. The first kappa shape index (κ1) is 24.7. The van der Waals surface area contributed by atoms with E-state index in [-0.39, 0.29) is 12.2 Å². The molecule has 8 nitrogen and oxygen atoms in total. The van der Waals surface area contributed by atoms with Crippen molar-refractivity contribution >= 4 is 17.9 Å². The van der Waals surface area contributed by atoms with Crippen LogP contribution in [-0.4, -0.2) is 45.1 Å². The van der Waals surface area contributed by atoms with E-state index in [4.69, 9.17) is 14.2 Å². The minimum Gasteiger partial charge on any atom is -0.490 e. The first-order valence-corrected chi connectivity index (χ1v) is 13.1. The van der Waals surface area contributed by atoms with Crippen LogP contribution in [0.3, 0.4) is 0 Å². The Morgan fingerprint density at radius 2 is 1.70 bits per heavy atom. The smallest absolute Gasteiger partial charge is 0.415 e. The summed E-state index contributed by atoms with van der Waals surface area (Å²) in [6, 6.07) is 18.9. The molecular weight excluding hydrogens is 488 g/mol. The Morgan fingerprint density at radius 1 is 0.973 bits per heavy atom. The van der Waals surface area contributed by atoms with Gasteiger partial charge in [-0.3, -0.25) is 0 Å². The average Bonchev–Trinajstić information content (AvgIpc) is 3.45. The van der Waals surface area contributed by atoms with Gasteiger partial charge in [-0.15, -0.1) is 0 Å². The number of benzene rings is 2. The molecule has 1 saturated heterocycles. The van der Waals surface area contributed by atoms with Crippen molar-refractivity contribution in [2.24, 2.45) is 0 Å². The van der Waals surface area contributed by atoms with Crippen LogP contribution in [0, 0.1) is 6.92 Å². The van der Waals surface area contributed by atoms with Crippen LogP contribution < -0.4 is 14.2 Å². The monoisotopic (exact) mass is 516 g/mol. The number of carbonyl (C=O) groups is 1. The van der Waals surface area contributed by atoms with Crippen LogP contribution in [0.25, 0.3) is 0 Å². The van der Waals surface area contributed by atoms with Crippen LogP contribution in [0.5, 0.6) is 23.1 Å². The normalized spacial score (nSPS) is 13.8. The maximum Gasteiger partial charge on any atom is 0.415 e. The number of aromatic nitrogens is 3. The zero-order valence-corrected chi connectivity index (χ0v) is 21.3. The van der Waals surface area contributed by atoms with Crippen LogP contribution in [0.1, 0.15) is 24.0 Å². The number of pyridine rings is 1. The first-order chi connectivity index (χ1) is 18.1. The Bertz CT molecular complexity index is 1270. The van der Waals surface area contributed by atoms with Crippen molar-refractivity contribution in [3.05, 3.63) is 90.4 Å². The van der Waals surface area contributed by atoms with E-state index in [1.807, 2.05) is 67.6 Å². The van der Waals surface area contributed by atoms with Gasteiger partial charge >= 0.3 is 6.09 Å². The number of nitrogens with zero attached hydrogens (tertiary/aromatic N) is 3. The molecule has 37 heavy (non-hydrogen) atoms. The highest BCUT2D eigenvalue weighted by Gasteiger charge is 2.25. The first-order valence-electron chi connectivity index (χ1n) is 12.2. The second kappa shape index (κ2) is 11.8. The van der Waals surface area contributed by atoms with Gasteiger partial charge in [-0.05, 0) is 54.4 Å². The molecule has 190 valence electrons.